The molecule has 1 aliphatic rings. The summed E-state index contributed by atoms with van der Waals surface area (Å²) < 4.78 is 11.0. The van der Waals surface area contributed by atoms with Crippen LogP contribution in [-0.4, -0.2) is 23.5 Å². The van der Waals surface area contributed by atoms with Crippen LogP contribution >= 0.6 is 11.6 Å². The fraction of sp³-hybridized carbons (Fsp3) is 0.333. The van der Waals surface area contributed by atoms with E-state index in [-0.39, 0.29) is 12.0 Å². The van der Waals surface area contributed by atoms with Gasteiger partial charge in [-0.2, -0.15) is 0 Å². The number of fused-ring (bicyclic) bond motifs is 1. The molecule has 0 bridgehead atoms. The number of nitrogens with zero attached hydrogens (tertiary/aromatic N) is 2. The topological polar surface area (TPSA) is 55.6 Å². The molecular weight excluding hydrogens is 292 g/mol. The van der Waals surface area contributed by atoms with Crippen LogP contribution in [0.1, 0.15) is 30.2 Å². The quantitative estimate of drug-likeness (QED) is 0.854. The molecule has 3 rings (SSSR count). The van der Waals surface area contributed by atoms with Gasteiger partial charge in [-0.25, -0.2) is 4.98 Å². The van der Waals surface area contributed by atoms with Crippen LogP contribution in [0.4, 0.5) is 5.69 Å². The summed E-state index contributed by atoms with van der Waals surface area (Å²) in [5.74, 6) is 0.869. The molecule has 0 radical (unpaired) electrons. The molecule has 2 heterocycles. The van der Waals surface area contributed by atoms with Gasteiger partial charge >= 0.3 is 0 Å². The molecule has 1 atom stereocenters. The minimum absolute atomic E-state index is 0.140. The van der Waals surface area contributed by atoms with Gasteiger partial charge in [0.15, 0.2) is 17.3 Å². The van der Waals surface area contributed by atoms with Crippen LogP contribution in [0.2, 0.25) is 5.02 Å². The third kappa shape index (κ3) is 2.49. The first-order chi connectivity index (χ1) is 10.1. The van der Waals surface area contributed by atoms with Gasteiger partial charge < -0.3 is 9.15 Å². The van der Waals surface area contributed by atoms with E-state index in [2.05, 4.69) is 4.98 Å². The Bertz CT molecular complexity index is 683. The molecule has 0 spiro atoms. The molecule has 0 unspecified atom stereocenters. The molecule has 6 heteroatoms. The predicted octanol–water partition coefficient (Wildman–Crippen LogP) is 3.32. The zero-order valence-electron chi connectivity index (χ0n) is 11.8. The van der Waals surface area contributed by atoms with Crippen LogP contribution in [0.3, 0.4) is 0 Å². The van der Waals surface area contributed by atoms with E-state index in [4.69, 9.17) is 20.8 Å². The van der Waals surface area contributed by atoms with E-state index in [1.165, 1.54) is 6.26 Å². The molecule has 1 aromatic carbocycles. The number of hydrogen-bond donors (Lipinski definition) is 0. The average Bonchev–Trinajstić information content (AvgIpc) is 2.96. The number of amides is 1. The number of rotatable bonds is 2. The van der Waals surface area contributed by atoms with Gasteiger partial charge in [0, 0.05) is 6.42 Å². The Labute approximate surface area is 127 Å². The predicted molar refractivity (Wildman–Crippen MR) is 79.1 cm³/mol. The van der Waals surface area contributed by atoms with Crippen molar-refractivity contribution in [1.82, 2.24) is 4.98 Å². The summed E-state index contributed by atoms with van der Waals surface area (Å²) in [7, 11) is 0. The molecule has 21 heavy (non-hydrogen) atoms. The second-order valence-electron chi connectivity index (χ2n) is 4.91. The molecule has 0 fully saturated rings. The zero-order valence-corrected chi connectivity index (χ0v) is 12.6. The van der Waals surface area contributed by atoms with Crippen LogP contribution in [0.5, 0.6) is 5.75 Å². The summed E-state index contributed by atoms with van der Waals surface area (Å²) in [5, 5.41) is 0.492. The van der Waals surface area contributed by atoms with Crippen LogP contribution < -0.4 is 9.64 Å². The van der Waals surface area contributed by atoms with Gasteiger partial charge in [-0.15, -0.1) is 0 Å². The van der Waals surface area contributed by atoms with E-state index >= 15 is 0 Å². The molecule has 110 valence electrons. The summed E-state index contributed by atoms with van der Waals surface area (Å²) in [4.78, 5) is 18.5. The highest BCUT2D eigenvalue weighted by Gasteiger charge is 2.31. The first kappa shape index (κ1) is 13.9. The smallest absolute Gasteiger partial charge is 0.280 e. The summed E-state index contributed by atoms with van der Waals surface area (Å²) in [6.45, 7) is 4.26. The molecule has 1 aromatic heterocycles. The van der Waals surface area contributed by atoms with Crippen molar-refractivity contribution < 1.29 is 13.9 Å². The number of para-hydroxylation sites is 1. The molecule has 0 saturated heterocycles. The maximum atomic E-state index is 12.7. The van der Waals surface area contributed by atoms with Crippen molar-refractivity contribution >= 4 is 23.2 Å². The van der Waals surface area contributed by atoms with Crippen LogP contribution in [0.15, 0.2) is 28.9 Å². The van der Waals surface area contributed by atoms with Crippen molar-refractivity contribution in [3.63, 3.8) is 0 Å². The van der Waals surface area contributed by atoms with Gasteiger partial charge in [0.25, 0.3) is 5.91 Å². The second kappa shape index (κ2) is 5.41. The largest absolute Gasteiger partial charge is 0.485 e. The lowest BCUT2D eigenvalue weighted by molar-refractivity contribution is 0.0956. The number of aryl methyl sites for hydroxylation is 1. The molecule has 5 nitrogen and oxygen atoms in total. The van der Waals surface area contributed by atoms with Gasteiger partial charge in [0.1, 0.15) is 12.4 Å². The maximum Gasteiger partial charge on any atom is 0.280 e. The monoisotopic (exact) mass is 306 g/mol. The maximum absolute atomic E-state index is 12.7. The fourth-order valence-corrected chi connectivity index (χ4v) is 2.54. The first-order valence-corrected chi connectivity index (χ1v) is 7.19. The Morgan fingerprint density at radius 1 is 1.52 bits per heavy atom. The Balaban J connectivity index is 1.99. The number of hydrogen-bond acceptors (Lipinski definition) is 4. The highest BCUT2D eigenvalue weighted by atomic mass is 35.5. The van der Waals surface area contributed by atoms with Crippen molar-refractivity contribution in [2.45, 2.75) is 26.4 Å². The Morgan fingerprint density at radius 3 is 3.05 bits per heavy atom. The summed E-state index contributed by atoms with van der Waals surface area (Å²) in [5.41, 5.74) is 0.957. The van der Waals surface area contributed by atoms with Crippen LogP contribution in [0, 0.1) is 0 Å². The minimum Gasteiger partial charge on any atom is -0.485 e. The lowest BCUT2D eigenvalue weighted by Gasteiger charge is -2.33. The van der Waals surface area contributed by atoms with Gasteiger partial charge in [-0.1, -0.05) is 24.6 Å². The number of anilines is 1. The minimum atomic E-state index is -0.211. The first-order valence-electron chi connectivity index (χ1n) is 6.81. The number of halogens is 1. The highest BCUT2D eigenvalue weighted by Crippen LogP contribution is 2.39. The fourth-order valence-electron chi connectivity index (χ4n) is 2.32. The van der Waals surface area contributed by atoms with E-state index in [1.807, 2.05) is 19.9 Å². The number of carbonyl (C=O) groups excluding carboxylic acids is 1. The van der Waals surface area contributed by atoms with Gasteiger partial charge in [0.05, 0.1) is 17.3 Å². The molecule has 0 N–H and O–H groups in total. The standard InChI is InChI=1S/C15H15ClN2O3/c1-3-13-17-11(8-20-13)15(19)18-7-9(2)21-14-10(16)5-4-6-12(14)18/h4-6,8-9H,3,7H2,1-2H3/t9-/m0/s1. The highest BCUT2D eigenvalue weighted by molar-refractivity contribution is 6.32. The number of oxazole rings is 1. The zero-order chi connectivity index (χ0) is 15.0. The second-order valence-corrected chi connectivity index (χ2v) is 5.32. The van der Waals surface area contributed by atoms with Crippen molar-refractivity contribution in [2.24, 2.45) is 0 Å². The summed E-state index contributed by atoms with van der Waals surface area (Å²) in [6.07, 6.45) is 1.90. The van der Waals surface area contributed by atoms with Gasteiger partial charge in [-0.05, 0) is 19.1 Å². The van der Waals surface area contributed by atoms with E-state index < -0.39 is 0 Å². The molecule has 1 aliphatic heterocycles. The van der Waals surface area contributed by atoms with Gasteiger partial charge in [-0.3, -0.25) is 9.69 Å². The average molecular weight is 307 g/mol. The van der Waals surface area contributed by atoms with Crippen LogP contribution in [0.25, 0.3) is 0 Å². The van der Waals surface area contributed by atoms with Crippen molar-refractivity contribution in [3.05, 3.63) is 41.1 Å². The molecular formula is C15H15ClN2O3. The van der Waals surface area contributed by atoms with E-state index in [0.717, 1.165) is 0 Å². The SMILES string of the molecule is CCc1nc(C(=O)N2C[C@H](C)Oc3c(Cl)cccc32)co1. The number of aromatic nitrogens is 1. The van der Waals surface area contributed by atoms with E-state index in [1.54, 1.807) is 17.0 Å². The summed E-state index contributed by atoms with van der Waals surface area (Å²) >= 11 is 6.15. The third-order valence-electron chi connectivity index (χ3n) is 3.31. The number of ether oxygens (including phenoxy) is 1. The van der Waals surface area contributed by atoms with Gasteiger partial charge in [0.2, 0.25) is 0 Å². The summed E-state index contributed by atoms with van der Waals surface area (Å²) in [6, 6.07) is 5.35. The van der Waals surface area contributed by atoms with Crippen molar-refractivity contribution in [1.29, 1.82) is 0 Å². The Hall–Kier alpha value is -2.01. The molecule has 0 saturated carbocycles. The number of carbonyl (C=O) groups is 1. The third-order valence-corrected chi connectivity index (χ3v) is 3.61. The molecule has 2 aromatic rings. The number of benzene rings is 1. The van der Waals surface area contributed by atoms with E-state index in [9.17, 15) is 4.79 Å². The van der Waals surface area contributed by atoms with E-state index in [0.29, 0.717) is 41.0 Å². The lowest BCUT2D eigenvalue weighted by Crippen LogP contribution is -2.42. The van der Waals surface area contributed by atoms with Crippen LogP contribution in [-0.2, 0) is 6.42 Å². The lowest BCUT2D eigenvalue weighted by atomic mass is 10.2. The Kier molecular flexibility index (Phi) is 3.59. The van der Waals surface area contributed by atoms with Crippen molar-refractivity contribution in [3.8, 4) is 5.75 Å². The molecule has 0 aliphatic carbocycles. The van der Waals surface area contributed by atoms with Crippen molar-refractivity contribution in [2.75, 3.05) is 11.4 Å². The molecule has 1 amide bonds. The Morgan fingerprint density at radius 2 is 2.33 bits per heavy atom. The normalized spacial score (nSPS) is 17.3.